The van der Waals surface area contributed by atoms with Crippen LogP contribution < -0.4 is 5.32 Å². The molecule has 0 aliphatic heterocycles. The Labute approximate surface area is 121 Å². The smallest absolute Gasteiger partial charge is 0.130 e. The van der Waals surface area contributed by atoms with Gasteiger partial charge in [0.1, 0.15) is 11.0 Å². The molecule has 0 spiro atoms. The fourth-order valence-corrected chi connectivity index (χ4v) is 3.10. The molecular weight excluding hydrogens is 289 g/mol. The van der Waals surface area contributed by atoms with Gasteiger partial charge in [-0.05, 0) is 18.4 Å². The standard InChI is InChI=1S/C12H15Cl2N3S/c1-4-9(6(2)3)15-10-7(13)5-8(14)11-12(10)17-18-16-11/h5-6,9,15H,4H2,1-3H3. The van der Waals surface area contributed by atoms with Crippen LogP contribution in [0.1, 0.15) is 27.2 Å². The number of benzene rings is 1. The topological polar surface area (TPSA) is 37.8 Å². The number of aromatic nitrogens is 2. The van der Waals surface area contributed by atoms with Crippen LogP contribution in [0.5, 0.6) is 0 Å². The van der Waals surface area contributed by atoms with Crippen LogP contribution in [0.4, 0.5) is 5.69 Å². The van der Waals surface area contributed by atoms with Gasteiger partial charge in [0, 0.05) is 6.04 Å². The summed E-state index contributed by atoms with van der Waals surface area (Å²) >= 11 is 13.5. The predicted molar refractivity (Wildman–Crippen MR) is 80.0 cm³/mol. The molecule has 0 saturated carbocycles. The Morgan fingerprint density at radius 1 is 1.22 bits per heavy atom. The first-order chi connectivity index (χ1) is 8.54. The Morgan fingerprint density at radius 2 is 1.89 bits per heavy atom. The average Bonchev–Trinajstić information content (AvgIpc) is 2.78. The molecule has 3 nitrogen and oxygen atoms in total. The van der Waals surface area contributed by atoms with Crippen molar-refractivity contribution in [2.75, 3.05) is 5.32 Å². The summed E-state index contributed by atoms with van der Waals surface area (Å²) in [6, 6.07) is 2.08. The molecule has 0 aliphatic carbocycles. The molecule has 0 bridgehead atoms. The van der Waals surface area contributed by atoms with Gasteiger partial charge in [-0.2, -0.15) is 8.75 Å². The fraction of sp³-hybridized carbons (Fsp3) is 0.500. The van der Waals surface area contributed by atoms with E-state index in [1.54, 1.807) is 6.07 Å². The van der Waals surface area contributed by atoms with E-state index >= 15 is 0 Å². The quantitative estimate of drug-likeness (QED) is 0.878. The molecule has 18 heavy (non-hydrogen) atoms. The number of fused-ring (bicyclic) bond motifs is 1. The summed E-state index contributed by atoms with van der Waals surface area (Å²) in [7, 11) is 0. The molecule has 1 atom stereocenters. The van der Waals surface area contributed by atoms with Crippen molar-refractivity contribution in [3.05, 3.63) is 16.1 Å². The van der Waals surface area contributed by atoms with Crippen LogP contribution in [0, 0.1) is 5.92 Å². The van der Waals surface area contributed by atoms with Gasteiger partial charge in [-0.25, -0.2) is 0 Å². The highest BCUT2D eigenvalue weighted by atomic mass is 35.5. The van der Waals surface area contributed by atoms with Crippen molar-refractivity contribution in [3.8, 4) is 0 Å². The second-order valence-electron chi connectivity index (χ2n) is 4.58. The Bertz CT molecular complexity index is 553. The summed E-state index contributed by atoms with van der Waals surface area (Å²) in [4.78, 5) is 0. The molecule has 1 aromatic carbocycles. The molecule has 0 fully saturated rings. The first-order valence-electron chi connectivity index (χ1n) is 5.91. The Kier molecular flexibility index (Phi) is 4.30. The van der Waals surface area contributed by atoms with Crippen LogP contribution in [-0.2, 0) is 0 Å². The van der Waals surface area contributed by atoms with Gasteiger partial charge in [0.05, 0.1) is 27.5 Å². The third kappa shape index (κ3) is 2.56. The maximum Gasteiger partial charge on any atom is 0.130 e. The number of halogens is 2. The lowest BCUT2D eigenvalue weighted by molar-refractivity contribution is 0.511. The van der Waals surface area contributed by atoms with Crippen LogP contribution in [-0.4, -0.2) is 14.8 Å². The highest BCUT2D eigenvalue weighted by Crippen LogP contribution is 2.36. The first kappa shape index (κ1) is 13.8. The zero-order valence-electron chi connectivity index (χ0n) is 10.5. The number of rotatable bonds is 4. The maximum atomic E-state index is 6.26. The van der Waals surface area contributed by atoms with E-state index in [1.807, 2.05) is 0 Å². The Morgan fingerprint density at radius 3 is 2.50 bits per heavy atom. The molecule has 0 amide bonds. The third-order valence-corrected chi connectivity index (χ3v) is 4.13. The monoisotopic (exact) mass is 303 g/mol. The van der Waals surface area contributed by atoms with Crippen molar-refractivity contribution in [2.24, 2.45) is 5.92 Å². The second-order valence-corrected chi connectivity index (χ2v) is 5.92. The summed E-state index contributed by atoms with van der Waals surface area (Å²) in [6.45, 7) is 6.51. The van der Waals surface area contributed by atoms with Crippen LogP contribution in [0.15, 0.2) is 6.07 Å². The van der Waals surface area contributed by atoms with Gasteiger partial charge in [-0.1, -0.05) is 44.0 Å². The first-order valence-corrected chi connectivity index (χ1v) is 7.40. The third-order valence-electron chi connectivity index (χ3n) is 3.02. The van der Waals surface area contributed by atoms with Crippen LogP contribution >= 0.6 is 34.9 Å². The molecule has 6 heteroatoms. The normalized spacial score (nSPS) is 13.2. The lowest BCUT2D eigenvalue weighted by atomic mass is 10.0. The van der Waals surface area contributed by atoms with Crippen molar-refractivity contribution in [1.29, 1.82) is 0 Å². The number of hydrogen-bond donors (Lipinski definition) is 1. The van der Waals surface area contributed by atoms with Gasteiger partial charge >= 0.3 is 0 Å². The summed E-state index contributed by atoms with van der Waals surface area (Å²) in [5.41, 5.74) is 2.31. The zero-order chi connectivity index (χ0) is 13.3. The number of anilines is 1. The molecule has 1 heterocycles. The van der Waals surface area contributed by atoms with Crippen LogP contribution in [0.2, 0.25) is 10.0 Å². The zero-order valence-corrected chi connectivity index (χ0v) is 12.8. The fourth-order valence-electron chi connectivity index (χ4n) is 1.94. The van der Waals surface area contributed by atoms with Gasteiger partial charge in [0.25, 0.3) is 0 Å². The van der Waals surface area contributed by atoms with E-state index in [2.05, 4.69) is 34.8 Å². The Balaban J connectivity index is 2.47. The summed E-state index contributed by atoms with van der Waals surface area (Å²) < 4.78 is 8.48. The molecule has 1 aromatic heterocycles. The minimum atomic E-state index is 0.355. The highest BCUT2D eigenvalue weighted by molar-refractivity contribution is 7.00. The average molecular weight is 304 g/mol. The predicted octanol–water partition coefficient (Wildman–Crippen LogP) is 4.84. The van der Waals surface area contributed by atoms with Gasteiger partial charge in [0.2, 0.25) is 0 Å². The molecule has 0 saturated heterocycles. The molecule has 0 radical (unpaired) electrons. The minimum Gasteiger partial charge on any atom is -0.379 e. The number of hydrogen-bond acceptors (Lipinski definition) is 4. The van der Waals surface area contributed by atoms with E-state index in [0.29, 0.717) is 27.5 Å². The molecule has 0 aliphatic rings. The van der Waals surface area contributed by atoms with E-state index in [1.165, 1.54) is 0 Å². The van der Waals surface area contributed by atoms with Gasteiger partial charge in [0.15, 0.2) is 0 Å². The summed E-state index contributed by atoms with van der Waals surface area (Å²) in [5.74, 6) is 0.517. The van der Waals surface area contributed by atoms with Crippen molar-refractivity contribution >= 4 is 51.7 Å². The summed E-state index contributed by atoms with van der Waals surface area (Å²) in [5, 5.41) is 4.61. The van der Waals surface area contributed by atoms with Crippen molar-refractivity contribution in [2.45, 2.75) is 33.2 Å². The lowest BCUT2D eigenvalue weighted by Gasteiger charge is -2.22. The molecule has 98 valence electrons. The van der Waals surface area contributed by atoms with Gasteiger partial charge < -0.3 is 5.32 Å². The largest absolute Gasteiger partial charge is 0.379 e. The SMILES string of the molecule is CCC(Nc1c(Cl)cc(Cl)c2nsnc12)C(C)C. The van der Waals surface area contributed by atoms with E-state index in [-0.39, 0.29) is 0 Å². The minimum absolute atomic E-state index is 0.355. The van der Waals surface area contributed by atoms with Gasteiger partial charge in [-0.3, -0.25) is 0 Å². The molecule has 1 unspecified atom stereocenters. The highest BCUT2D eigenvalue weighted by Gasteiger charge is 2.18. The van der Waals surface area contributed by atoms with Crippen molar-refractivity contribution in [1.82, 2.24) is 8.75 Å². The van der Waals surface area contributed by atoms with Gasteiger partial charge in [-0.15, -0.1) is 0 Å². The summed E-state index contributed by atoms with van der Waals surface area (Å²) in [6.07, 6.45) is 1.02. The van der Waals surface area contributed by atoms with Crippen molar-refractivity contribution < 1.29 is 0 Å². The van der Waals surface area contributed by atoms with E-state index < -0.39 is 0 Å². The van der Waals surface area contributed by atoms with Crippen LogP contribution in [0.25, 0.3) is 11.0 Å². The maximum absolute atomic E-state index is 6.26. The molecular formula is C12H15Cl2N3S. The molecule has 2 aromatic rings. The number of nitrogens with one attached hydrogen (secondary N) is 1. The lowest BCUT2D eigenvalue weighted by Crippen LogP contribution is -2.24. The van der Waals surface area contributed by atoms with E-state index in [0.717, 1.165) is 29.4 Å². The molecule has 2 rings (SSSR count). The van der Waals surface area contributed by atoms with Crippen LogP contribution in [0.3, 0.4) is 0 Å². The number of nitrogens with zero attached hydrogens (tertiary/aromatic N) is 2. The molecule has 1 N–H and O–H groups in total. The Hall–Kier alpha value is -0.580. The van der Waals surface area contributed by atoms with E-state index in [4.69, 9.17) is 23.2 Å². The van der Waals surface area contributed by atoms with Crippen molar-refractivity contribution in [3.63, 3.8) is 0 Å². The van der Waals surface area contributed by atoms with E-state index in [9.17, 15) is 0 Å². The second kappa shape index (κ2) is 5.59.